The van der Waals surface area contributed by atoms with E-state index in [9.17, 15) is 8.78 Å². The van der Waals surface area contributed by atoms with Crippen molar-refractivity contribution < 1.29 is 8.78 Å². The molecule has 0 bridgehead atoms. The van der Waals surface area contributed by atoms with Crippen molar-refractivity contribution in [2.45, 2.75) is 46.0 Å². The van der Waals surface area contributed by atoms with Crippen LogP contribution in [-0.2, 0) is 0 Å². The van der Waals surface area contributed by atoms with Crippen LogP contribution in [0.3, 0.4) is 0 Å². The zero-order valence-electron chi connectivity index (χ0n) is 6.90. The number of alkyl halides is 2. The van der Waals surface area contributed by atoms with Crippen LogP contribution in [0.25, 0.3) is 0 Å². The van der Waals surface area contributed by atoms with Gasteiger partial charge in [0, 0.05) is 5.92 Å². The largest absolute Gasteiger partial charge is 0.247 e. The van der Waals surface area contributed by atoms with Gasteiger partial charge in [-0.05, 0) is 19.8 Å². The van der Waals surface area contributed by atoms with Crippen molar-refractivity contribution in [2.75, 3.05) is 0 Å². The molecule has 3 unspecified atom stereocenters. The van der Waals surface area contributed by atoms with Gasteiger partial charge in [0.2, 0.25) is 0 Å². The minimum absolute atomic E-state index is 0.398. The molecule has 0 saturated carbocycles. The standard InChI is InChI=1S/C8H16F2/c1-4-7(6(3)9)8(10)5-2/h6-8H,4-5H2,1-3H3. The molecule has 10 heavy (non-hydrogen) atoms. The van der Waals surface area contributed by atoms with Gasteiger partial charge in [-0.25, -0.2) is 8.78 Å². The predicted molar refractivity (Wildman–Crippen MR) is 39.5 cm³/mol. The van der Waals surface area contributed by atoms with Gasteiger partial charge in [0.25, 0.3) is 0 Å². The molecule has 2 heteroatoms. The number of hydrogen-bond acceptors (Lipinski definition) is 0. The molecule has 0 nitrogen and oxygen atoms in total. The first-order valence-corrected chi connectivity index (χ1v) is 3.91. The predicted octanol–water partition coefficient (Wildman–Crippen LogP) is 3.12. The molecule has 0 radical (unpaired) electrons. The van der Waals surface area contributed by atoms with E-state index in [1.54, 1.807) is 6.92 Å². The second-order valence-electron chi connectivity index (χ2n) is 2.67. The SMILES string of the molecule is CCC(F)C(CC)C(C)F. The summed E-state index contributed by atoms with van der Waals surface area (Å²) in [7, 11) is 0. The molecule has 3 atom stereocenters. The molecule has 0 spiro atoms. The van der Waals surface area contributed by atoms with Gasteiger partial charge < -0.3 is 0 Å². The molecule has 0 aliphatic carbocycles. The number of halogens is 2. The lowest BCUT2D eigenvalue weighted by Crippen LogP contribution is -2.22. The fraction of sp³-hybridized carbons (Fsp3) is 1.00. The van der Waals surface area contributed by atoms with E-state index in [0.29, 0.717) is 12.8 Å². The summed E-state index contributed by atoms with van der Waals surface area (Å²) in [6, 6.07) is 0. The lowest BCUT2D eigenvalue weighted by atomic mass is 9.95. The van der Waals surface area contributed by atoms with E-state index in [1.807, 2.05) is 6.92 Å². The maximum atomic E-state index is 12.8. The smallest absolute Gasteiger partial charge is 0.105 e. The molecule has 0 aliphatic rings. The van der Waals surface area contributed by atoms with E-state index in [0.717, 1.165) is 0 Å². The van der Waals surface area contributed by atoms with Crippen molar-refractivity contribution in [3.8, 4) is 0 Å². The summed E-state index contributed by atoms with van der Waals surface area (Å²) in [5.74, 6) is -0.398. The highest BCUT2D eigenvalue weighted by molar-refractivity contribution is 4.71. The number of hydrogen-bond donors (Lipinski definition) is 0. The third-order valence-corrected chi connectivity index (χ3v) is 1.92. The van der Waals surface area contributed by atoms with Gasteiger partial charge in [0.05, 0.1) is 0 Å². The van der Waals surface area contributed by atoms with Gasteiger partial charge in [-0.3, -0.25) is 0 Å². The van der Waals surface area contributed by atoms with Gasteiger partial charge in [0.1, 0.15) is 12.3 Å². The fourth-order valence-corrected chi connectivity index (χ4v) is 1.17. The van der Waals surface area contributed by atoms with Gasteiger partial charge in [0.15, 0.2) is 0 Å². The zero-order chi connectivity index (χ0) is 8.15. The number of rotatable bonds is 4. The summed E-state index contributed by atoms with van der Waals surface area (Å²) >= 11 is 0. The van der Waals surface area contributed by atoms with Crippen LogP contribution in [-0.4, -0.2) is 12.3 Å². The molecule has 0 N–H and O–H groups in total. The van der Waals surface area contributed by atoms with Crippen molar-refractivity contribution in [1.82, 2.24) is 0 Å². The van der Waals surface area contributed by atoms with Crippen molar-refractivity contribution in [2.24, 2.45) is 5.92 Å². The molecular formula is C8H16F2. The minimum Gasteiger partial charge on any atom is -0.247 e. The highest BCUT2D eigenvalue weighted by Gasteiger charge is 2.23. The summed E-state index contributed by atoms with van der Waals surface area (Å²) in [6.45, 7) is 5.00. The van der Waals surface area contributed by atoms with Crippen LogP contribution in [0.5, 0.6) is 0 Å². The Labute approximate surface area is 61.6 Å². The first-order chi connectivity index (χ1) is 4.63. The molecule has 0 aromatic carbocycles. The fourth-order valence-electron chi connectivity index (χ4n) is 1.17. The Balaban J connectivity index is 3.80. The monoisotopic (exact) mass is 150 g/mol. The van der Waals surface area contributed by atoms with Crippen LogP contribution in [0.1, 0.15) is 33.6 Å². The molecular weight excluding hydrogens is 134 g/mol. The third-order valence-electron chi connectivity index (χ3n) is 1.92. The summed E-state index contributed by atoms with van der Waals surface area (Å²) in [6.07, 6.45) is -0.968. The van der Waals surface area contributed by atoms with Gasteiger partial charge in [-0.2, -0.15) is 0 Å². The normalized spacial score (nSPS) is 20.1. The van der Waals surface area contributed by atoms with Crippen molar-refractivity contribution >= 4 is 0 Å². The molecule has 0 aromatic rings. The van der Waals surface area contributed by atoms with E-state index < -0.39 is 18.3 Å². The molecule has 0 heterocycles. The summed E-state index contributed by atoms with van der Waals surface area (Å²) < 4.78 is 25.4. The van der Waals surface area contributed by atoms with Gasteiger partial charge >= 0.3 is 0 Å². The van der Waals surface area contributed by atoms with E-state index in [-0.39, 0.29) is 0 Å². The second-order valence-corrected chi connectivity index (χ2v) is 2.67. The van der Waals surface area contributed by atoms with E-state index in [4.69, 9.17) is 0 Å². The summed E-state index contributed by atoms with van der Waals surface area (Å²) in [5, 5.41) is 0. The molecule has 62 valence electrons. The van der Waals surface area contributed by atoms with Crippen LogP contribution in [0.2, 0.25) is 0 Å². The lowest BCUT2D eigenvalue weighted by Gasteiger charge is -2.19. The second kappa shape index (κ2) is 4.64. The lowest BCUT2D eigenvalue weighted by molar-refractivity contribution is 0.129. The Morgan fingerprint density at radius 1 is 1.10 bits per heavy atom. The van der Waals surface area contributed by atoms with Crippen molar-refractivity contribution in [3.05, 3.63) is 0 Å². The first kappa shape index (κ1) is 9.86. The average molecular weight is 150 g/mol. The highest BCUT2D eigenvalue weighted by atomic mass is 19.1. The molecule has 0 amide bonds. The molecule has 0 rings (SSSR count). The van der Waals surface area contributed by atoms with E-state index in [2.05, 4.69) is 0 Å². The summed E-state index contributed by atoms with van der Waals surface area (Å²) in [4.78, 5) is 0. The Morgan fingerprint density at radius 3 is 1.70 bits per heavy atom. The topological polar surface area (TPSA) is 0 Å². The Hall–Kier alpha value is -0.140. The highest BCUT2D eigenvalue weighted by Crippen LogP contribution is 2.21. The molecule has 0 aromatic heterocycles. The minimum atomic E-state index is -1.01. The Bertz CT molecular complexity index is 81.3. The van der Waals surface area contributed by atoms with Crippen LogP contribution >= 0.6 is 0 Å². The Morgan fingerprint density at radius 2 is 1.60 bits per heavy atom. The third kappa shape index (κ3) is 2.63. The van der Waals surface area contributed by atoms with Crippen LogP contribution in [0.4, 0.5) is 8.78 Å². The maximum Gasteiger partial charge on any atom is 0.105 e. The van der Waals surface area contributed by atoms with E-state index >= 15 is 0 Å². The Kier molecular flexibility index (Phi) is 4.58. The molecule has 0 saturated heterocycles. The van der Waals surface area contributed by atoms with Crippen LogP contribution in [0, 0.1) is 5.92 Å². The maximum absolute atomic E-state index is 12.8. The van der Waals surface area contributed by atoms with Crippen LogP contribution in [0.15, 0.2) is 0 Å². The average Bonchev–Trinajstić information content (AvgIpc) is 1.88. The molecule has 0 fully saturated rings. The molecule has 0 aliphatic heterocycles. The first-order valence-electron chi connectivity index (χ1n) is 3.91. The van der Waals surface area contributed by atoms with Gasteiger partial charge in [-0.15, -0.1) is 0 Å². The van der Waals surface area contributed by atoms with E-state index in [1.165, 1.54) is 6.92 Å². The quantitative estimate of drug-likeness (QED) is 0.577. The van der Waals surface area contributed by atoms with Gasteiger partial charge in [-0.1, -0.05) is 13.8 Å². The van der Waals surface area contributed by atoms with Crippen molar-refractivity contribution in [1.29, 1.82) is 0 Å². The zero-order valence-corrected chi connectivity index (χ0v) is 6.90. The van der Waals surface area contributed by atoms with Crippen LogP contribution < -0.4 is 0 Å². The van der Waals surface area contributed by atoms with Crippen molar-refractivity contribution in [3.63, 3.8) is 0 Å². The summed E-state index contributed by atoms with van der Waals surface area (Å²) in [5.41, 5.74) is 0.